The van der Waals surface area contributed by atoms with Crippen LogP contribution in [0.3, 0.4) is 0 Å². The number of halogens is 3. The van der Waals surface area contributed by atoms with E-state index in [1.54, 1.807) is 0 Å². The molecule has 0 unspecified atom stereocenters. The van der Waals surface area contributed by atoms with E-state index in [9.17, 15) is 13.2 Å². The van der Waals surface area contributed by atoms with Gasteiger partial charge in [-0.25, -0.2) is 0 Å². The van der Waals surface area contributed by atoms with Gasteiger partial charge in [0.1, 0.15) is 0 Å². The number of alkyl halides is 3. The van der Waals surface area contributed by atoms with E-state index in [2.05, 4.69) is 0 Å². The minimum absolute atomic E-state index is 0.436. The van der Waals surface area contributed by atoms with Gasteiger partial charge in [0, 0.05) is 0 Å². The topological polar surface area (TPSA) is 0 Å². The zero-order chi connectivity index (χ0) is 7.49. The third-order valence-corrected chi connectivity index (χ3v) is 4.48. The van der Waals surface area contributed by atoms with Crippen LogP contribution >= 0.6 is 0 Å². The molecule has 0 spiro atoms. The Morgan fingerprint density at radius 1 is 1.22 bits per heavy atom. The Labute approximate surface area is 60.2 Å². The first kappa shape index (κ1) is 9.59. The summed E-state index contributed by atoms with van der Waals surface area (Å²) in [4.78, 5) is 3.96. The quantitative estimate of drug-likeness (QED) is 0.657. The third kappa shape index (κ3) is 8.59. The Morgan fingerprint density at radius 3 is 1.78 bits per heavy atom. The number of rotatable bonds is 2. The van der Waals surface area contributed by atoms with Gasteiger partial charge in [0.25, 0.3) is 0 Å². The van der Waals surface area contributed by atoms with Gasteiger partial charge >= 0.3 is 59.8 Å². The molecule has 0 saturated heterocycles. The summed E-state index contributed by atoms with van der Waals surface area (Å²) in [5.74, 6) is 0. The molecular formula is C5H10F3Sn. The summed E-state index contributed by atoms with van der Waals surface area (Å²) in [6, 6.07) is 0. The fraction of sp³-hybridized carbons (Fsp3) is 1.00. The fourth-order valence-corrected chi connectivity index (χ4v) is 2.63. The number of hydrogen-bond acceptors (Lipinski definition) is 0. The van der Waals surface area contributed by atoms with Gasteiger partial charge in [-0.1, -0.05) is 0 Å². The summed E-state index contributed by atoms with van der Waals surface area (Å²) in [5, 5.41) is 0. The molecule has 0 rings (SSSR count). The Hall–Kier alpha value is 0.589. The first-order valence-corrected chi connectivity index (χ1v) is 10.5. The summed E-state index contributed by atoms with van der Waals surface area (Å²) >= 11 is -1.46. The molecule has 0 aliphatic carbocycles. The molecule has 0 aromatic heterocycles. The molecule has 1 radical (unpaired) electrons. The van der Waals surface area contributed by atoms with Gasteiger partial charge in [0.2, 0.25) is 0 Å². The molecule has 0 saturated carbocycles. The van der Waals surface area contributed by atoms with Gasteiger partial charge in [-0.3, -0.25) is 0 Å². The van der Waals surface area contributed by atoms with Crippen molar-refractivity contribution >= 4 is 19.8 Å². The van der Waals surface area contributed by atoms with Crippen LogP contribution in [0.25, 0.3) is 0 Å². The van der Waals surface area contributed by atoms with Crippen LogP contribution in [0.4, 0.5) is 13.2 Å². The maximum atomic E-state index is 11.4. The van der Waals surface area contributed by atoms with E-state index in [-0.39, 0.29) is 0 Å². The van der Waals surface area contributed by atoms with Crippen LogP contribution in [-0.4, -0.2) is 25.9 Å². The van der Waals surface area contributed by atoms with Crippen LogP contribution < -0.4 is 0 Å². The molecule has 0 bridgehead atoms. The summed E-state index contributed by atoms with van der Waals surface area (Å²) in [6.45, 7) is 0. The van der Waals surface area contributed by atoms with Gasteiger partial charge in [-0.15, -0.1) is 0 Å². The fourth-order valence-electron chi connectivity index (χ4n) is 0.392. The van der Waals surface area contributed by atoms with Crippen molar-refractivity contribution in [3.8, 4) is 0 Å². The molecule has 0 aliphatic heterocycles. The monoisotopic (exact) mass is 247 g/mol. The second kappa shape index (κ2) is 3.68. The van der Waals surface area contributed by atoms with Crippen molar-refractivity contribution in [3.63, 3.8) is 0 Å². The van der Waals surface area contributed by atoms with Crippen molar-refractivity contribution in [1.82, 2.24) is 0 Å². The third-order valence-electron chi connectivity index (χ3n) is 0.908. The second-order valence-corrected chi connectivity index (χ2v) is 10.6. The molecule has 0 aliphatic rings. The summed E-state index contributed by atoms with van der Waals surface area (Å²) in [6.07, 6.45) is -4.48. The standard InChI is InChI=1S/C3H4F3.2CH3.Sn/c1-2-3(4,5)6;;;/h1-2H2;2*1H3;. The molecule has 0 heterocycles. The average molecular weight is 246 g/mol. The zero-order valence-corrected chi connectivity index (χ0v) is 8.40. The zero-order valence-electron chi connectivity index (χ0n) is 5.55. The molecular weight excluding hydrogens is 236 g/mol. The first-order valence-electron chi connectivity index (χ1n) is 2.77. The molecule has 0 N–H and O–H groups in total. The number of hydrogen-bond donors (Lipinski definition) is 0. The second-order valence-electron chi connectivity index (χ2n) is 2.32. The van der Waals surface area contributed by atoms with Crippen molar-refractivity contribution in [2.24, 2.45) is 0 Å². The van der Waals surface area contributed by atoms with Gasteiger partial charge in [-0.05, 0) is 0 Å². The van der Waals surface area contributed by atoms with E-state index in [0.717, 1.165) is 0 Å². The Bertz CT molecular complexity index is 76.8. The summed E-state index contributed by atoms with van der Waals surface area (Å²) < 4.78 is 34.8. The Balaban J connectivity index is 3.28. The summed E-state index contributed by atoms with van der Waals surface area (Å²) in [5.41, 5.74) is 0. The predicted molar refractivity (Wildman–Crippen MR) is 33.0 cm³/mol. The van der Waals surface area contributed by atoms with Crippen molar-refractivity contribution in [3.05, 3.63) is 0 Å². The normalized spacial score (nSPS) is 12.7. The van der Waals surface area contributed by atoms with E-state index < -0.39 is 32.4 Å². The predicted octanol–water partition coefficient (Wildman–Crippen LogP) is 2.69. The van der Waals surface area contributed by atoms with Gasteiger partial charge in [0.05, 0.1) is 0 Å². The van der Waals surface area contributed by atoms with E-state index in [4.69, 9.17) is 0 Å². The molecule has 0 nitrogen and oxygen atoms in total. The van der Waals surface area contributed by atoms with Crippen LogP contribution in [0, 0.1) is 0 Å². The average Bonchev–Trinajstić information content (AvgIpc) is 1.59. The molecule has 0 amide bonds. The van der Waals surface area contributed by atoms with Crippen LogP contribution in [-0.2, 0) is 0 Å². The van der Waals surface area contributed by atoms with Crippen LogP contribution in [0.15, 0.2) is 0 Å². The van der Waals surface area contributed by atoms with E-state index in [1.165, 1.54) is 0 Å². The SMILES string of the molecule is [CH3][Sn]([CH3])[CH2]CC(F)(F)F. The molecule has 4 heteroatoms. The molecule has 55 valence electrons. The van der Waals surface area contributed by atoms with E-state index in [1.807, 2.05) is 9.88 Å². The van der Waals surface area contributed by atoms with Crippen molar-refractivity contribution in [2.75, 3.05) is 0 Å². The minimum atomic E-state index is -3.92. The Morgan fingerprint density at radius 2 is 1.67 bits per heavy atom. The Kier molecular flexibility index (Phi) is 3.92. The van der Waals surface area contributed by atoms with E-state index >= 15 is 0 Å². The van der Waals surface area contributed by atoms with E-state index in [0.29, 0.717) is 4.44 Å². The van der Waals surface area contributed by atoms with Crippen molar-refractivity contribution < 1.29 is 13.2 Å². The van der Waals surface area contributed by atoms with Gasteiger partial charge in [-0.2, -0.15) is 0 Å². The van der Waals surface area contributed by atoms with Crippen molar-refractivity contribution in [2.45, 2.75) is 26.9 Å². The van der Waals surface area contributed by atoms with Crippen LogP contribution in [0.2, 0.25) is 14.3 Å². The van der Waals surface area contributed by atoms with Gasteiger partial charge in [0.15, 0.2) is 0 Å². The first-order chi connectivity index (χ1) is 3.92. The summed E-state index contributed by atoms with van der Waals surface area (Å²) in [7, 11) is 0. The van der Waals surface area contributed by atoms with Crippen molar-refractivity contribution in [1.29, 1.82) is 0 Å². The molecule has 0 aromatic rings. The molecule has 0 atom stereocenters. The van der Waals surface area contributed by atoms with Gasteiger partial charge < -0.3 is 0 Å². The van der Waals surface area contributed by atoms with Crippen LogP contribution in [0.1, 0.15) is 6.42 Å². The van der Waals surface area contributed by atoms with Crippen LogP contribution in [0.5, 0.6) is 0 Å². The maximum absolute atomic E-state index is 11.4. The molecule has 0 aromatic carbocycles. The molecule has 0 fully saturated rings. The molecule has 9 heavy (non-hydrogen) atoms.